The van der Waals surface area contributed by atoms with Crippen molar-refractivity contribution in [3.05, 3.63) is 11.6 Å². The lowest BCUT2D eigenvalue weighted by molar-refractivity contribution is -0.107. The highest BCUT2D eigenvalue weighted by Crippen LogP contribution is 2.29. The molecule has 11 heavy (non-hydrogen) atoms. The first-order valence-corrected chi connectivity index (χ1v) is 2.46. The van der Waals surface area contributed by atoms with Crippen molar-refractivity contribution in [2.45, 2.75) is 19.3 Å². The van der Waals surface area contributed by atoms with Gasteiger partial charge in [-0.2, -0.15) is 26.3 Å². The van der Waals surface area contributed by atoms with Crippen molar-refractivity contribution in [1.82, 2.24) is 0 Å². The Morgan fingerprint density at radius 2 is 1.36 bits per heavy atom. The Kier molecular flexibility index (Phi) is 2.58. The first-order valence-electron chi connectivity index (χ1n) is 2.46. The third-order valence-electron chi connectivity index (χ3n) is 0.827. The normalized spacial score (nSPS) is 15.4. The Bertz CT molecular complexity index is 159. The maximum atomic E-state index is 11.4. The molecular formula is C5H4F6. The summed E-state index contributed by atoms with van der Waals surface area (Å²) in [5, 5.41) is 0. The number of rotatable bonds is 0. The van der Waals surface area contributed by atoms with E-state index in [2.05, 4.69) is 0 Å². The van der Waals surface area contributed by atoms with Gasteiger partial charge >= 0.3 is 12.4 Å². The number of hydrogen-bond donors (Lipinski definition) is 0. The number of hydrogen-bond acceptors (Lipinski definition) is 0. The highest BCUT2D eigenvalue weighted by atomic mass is 19.4. The third kappa shape index (κ3) is 4.69. The van der Waals surface area contributed by atoms with Crippen LogP contribution in [-0.2, 0) is 0 Å². The Morgan fingerprint density at radius 1 is 1.00 bits per heavy atom. The molecule has 0 heterocycles. The summed E-state index contributed by atoms with van der Waals surface area (Å²) in [4.78, 5) is 0. The average molecular weight is 178 g/mol. The van der Waals surface area contributed by atoms with Gasteiger partial charge in [-0.1, -0.05) is 0 Å². The predicted octanol–water partition coefficient (Wildman–Crippen LogP) is 3.06. The van der Waals surface area contributed by atoms with Crippen molar-refractivity contribution < 1.29 is 26.3 Å². The molecule has 0 saturated heterocycles. The van der Waals surface area contributed by atoms with Crippen LogP contribution in [0.4, 0.5) is 26.3 Å². The first-order chi connectivity index (χ1) is 4.63. The van der Waals surface area contributed by atoms with Crippen molar-refractivity contribution in [1.29, 1.82) is 0 Å². The molecule has 0 fully saturated rings. The molecular weight excluding hydrogens is 174 g/mol. The maximum absolute atomic E-state index is 11.4. The van der Waals surface area contributed by atoms with Crippen molar-refractivity contribution in [2.75, 3.05) is 0 Å². The second-order valence-electron chi connectivity index (χ2n) is 1.87. The van der Waals surface area contributed by atoms with Gasteiger partial charge < -0.3 is 0 Å². The predicted molar refractivity (Wildman–Crippen MR) is 25.9 cm³/mol. The lowest BCUT2D eigenvalue weighted by Crippen LogP contribution is -2.13. The molecule has 66 valence electrons. The van der Waals surface area contributed by atoms with Crippen LogP contribution in [0.2, 0.25) is 0 Å². The lowest BCUT2D eigenvalue weighted by atomic mass is 10.3. The standard InChI is InChI=1S/C5H4F6/c1-3(5(9,10)11)2-4(6,7)8/h2H,1H3. The van der Waals surface area contributed by atoms with E-state index in [1.54, 1.807) is 0 Å². The summed E-state index contributed by atoms with van der Waals surface area (Å²) in [7, 11) is 0. The summed E-state index contributed by atoms with van der Waals surface area (Å²) in [6.07, 6.45) is -10.6. The average Bonchev–Trinajstić information content (AvgIpc) is 1.56. The molecule has 6 heteroatoms. The highest BCUT2D eigenvalue weighted by molar-refractivity contribution is 5.08. The van der Waals surface area contributed by atoms with Crippen LogP contribution in [0.3, 0.4) is 0 Å². The lowest BCUT2D eigenvalue weighted by Gasteiger charge is -2.07. The third-order valence-corrected chi connectivity index (χ3v) is 0.827. The monoisotopic (exact) mass is 178 g/mol. The van der Waals surface area contributed by atoms with Crippen molar-refractivity contribution in [3.8, 4) is 0 Å². The SMILES string of the molecule is CC(=CC(F)(F)F)C(F)(F)F. The van der Waals surface area contributed by atoms with E-state index in [9.17, 15) is 26.3 Å². The summed E-state index contributed by atoms with van der Waals surface area (Å²) in [6.45, 7) is 0.369. The molecule has 0 aromatic heterocycles. The summed E-state index contributed by atoms with van der Waals surface area (Å²) < 4.78 is 68.0. The molecule has 0 amide bonds. The molecule has 0 aliphatic heterocycles. The first kappa shape index (κ1) is 10.3. The van der Waals surface area contributed by atoms with Crippen LogP contribution in [0.25, 0.3) is 0 Å². The molecule has 0 atom stereocenters. The number of alkyl halides is 6. The van der Waals surface area contributed by atoms with Gasteiger partial charge in [0.15, 0.2) is 0 Å². The smallest absolute Gasteiger partial charge is 0.167 e. The molecule has 0 aromatic carbocycles. The van der Waals surface area contributed by atoms with E-state index < -0.39 is 24.0 Å². The quantitative estimate of drug-likeness (QED) is 0.395. The van der Waals surface area contributed by atoms with Crippen LogP contribution in [0.1, 0.15) is 6.92 Å². The van der Waals surface area contributed by atoms with Gasteiger partial charge in [0, 0.05) is 11.6 Å². The van der Waals surface area contributed by atoms with E-state index >= 15 is 0 Å². The van der Waals surface area contributed by atoms with Crippen LogP contribution < -0.4 is 0 Å². The van der Waals surface area contributed by atoms with Gasteiger partial charge in [-0.15, -0.1) is 0 Å². The minimum absolute atomic E-state index is 0.369. The van der Waals surface area contributed by atoms with Crippen LogP contribution in [0.5, 0.6) is 0 Å². The molecule has 0 unspecified atom stereocenters. The minimum atomic E-state index is -4.90. The number of allylic oxidation sites excluding steroid dienone is 2. The van der Waals surface area contributed by atoms with Crippen molar-refractivity contribution in [2.24, 2.45) is 0 Å². The largest absolute Gasteiger partial charge is 0.412 e. The van der Waals surface area contributed by atoms with E-state index in [-0.39, 0.29) is 0 Å². The summed E-state index contributed by atoms with van der Waals surface area (Å²) in [6, 6.07) is 0. The molecule has 0 bridgehead atoms. The van der Waals surface area contributed by atoms with E-state index in [4.69, 9.17) is 0 Å². The van der Waals surface area contributed by atoms with Gasteiger partial charge in [-0.25, -0.2) is 0 Å². The summed E-state index contributed by atoms with van der Waals surface area (Å²) in [5.74, 6) is 0. The Labute approximate surface area is 58.5 Å². The molecule has 0 rings (SSSR count). The fourth-order valence-electron chi connectivity index (χ4n) is 0.327. The molecule has 0 saturated carbocycles. The Balaban J connectivity index is 4.49. The Hall–Kier alpha value is -0.680. The molecule has 0 aromatic rings. The van der Waals surface area contributed by atoms with Gasteiger partial charge in [-0.3, -0.25) is 0 Å². The van der Waals surface area contributed by atoms with Crippen LogP contribution in [0.15, 0.2) is 11.6 Å². The van der Waals surface area contributed by atoms with Gasteiger partial charge in [0.2, 0.25) is 0 Å². The van der Waals surface area contributed by atoms with Gasteiger partial charge in [0.1, 0.15) is 0 Å². The molecule has 0 aliphatic carbocycles. The summed E-state index contributed by atoms with van der Waals surface area (Å²) >= 11 is 0. The van der Waals surface area contributed by atoms with E-state index in [0.717, 1.165) is 0 Å². The van der Waals surface area contributed by atoms with Crippen LogP contribution in [0, 0.1) is 0 Å². The van der Waals surface area contributed by atoms with Gasteiger partial charge in [0.05, 0.1) is 0 Å². The Morgan fingerprint density at radius 3 is 1.45 bits per heavy atom. The molecule has 0 aliphatic rings. The molecule has 0 N–H and O–H groups in total. The zero-order valence-electron chi connectivity index (χ0n) is 5.35. The zero-order valence-corrected chi connectivity index (χ0v) is 5.35. The molecule has 0 radical (unpaired) electrons. The molecule has 0 nitrogen and oxygen atoms in total. The topological polar surface area (TPSA) is 0 Å². The number of halogens is 6. The fraction of sp³-hybridized carbons (Fsp3) is 0.600. The minimum Gasteiger partial charge on any atom is -0.167 e. The van der Waals surface area contributed by atoms with Crippen molar-refractivity contribution >= 4 is 0 Å². The van der Waals surface area contributed by atoms with Crippen LogP contribution in [-0.4, -0.2) is 12.4 Å². The fourth-order valence-corrected chi connectivity index (χ4v) is 0.327. The second kappa shape index (κ2) is 2.75. The van der Waals surface area contributed by atoms with E-state index in [1.165, 1.54) is 0 Å². The van der Waals surface area contributed by atoms with Gasteiger partial charge in [-0.05, 0) is 6.92 Å². The zero-order chi connectivity index (χ0) is 9.28. The van der Waals surface area contributed by atoms with E-state index in [1.807, 2.05) is 0 Å². The van der Waals surface area contributed by atoms with Gasteiger partial charge in [0.25, 0.3) is 0 Å². The second-order valence-corrected chi connectivity index (χ2v) is 1.87. The van der Waals surface area contributed by atoms with Crippen molar-refractivity contribution in [3.63, 3.8) is 0 Å². The van der Waals surface area contributed by atoms with E-state index in [0.29, 0.717) is 6.92 Å². The summed E-state index contributed by atoms with van der Waals surface area (Å²) in [5.41, 5.74) is -1.65. The maximum Gasteiger partial charge on any atom is 0.412 e. The molecule has 0 spiro atoms. The highest BCUT2D eigenvalue weighted by Gasteiger charge is 2.35. The van der Waals surface area contributed by atoms with Crippen LogP contribution >= 0.6 is 0 Å².